The zero-order valence-corrected chi connectivity index (χ0v) is 14.3. The fourth-order valence-electron chi connectivity index (χ4n) is 2.99. The van der Waals surface area contributed by atoms with E-state index in [1.54, 1.807) is 14.7 Å². The summed E-state index contributed by atoms with van der Waals surface area (Å²) in [5.74, 6) is 0. The molecule has 2 aliphatic rings. The maximum absolute atomic E-state index is 2.52. The van der Waals surface area contributed by atoms with Crippen LogP contribution in [0, 0.1) is 0 Å². The van der Waals surface area contributed by atoms with Gasteiger partial charge >= 0.3 is 114 Å². The van der Waals surface area contributed by atoms with Crippen molar-refractivity contribution in [2.45, 2.75) is 27.7 Å². The van der Waals surface area contributed by atoms with Crippen molar-refractivity contribution in [2.24, 2.45) is 0 Å². The van der Waals surface area contributed by atoms with Gasteiger partial charge in [0.15, 0.2) is 0 Å². The summed E-state index contributed by atoms with van der Waals surface area (Å²) in [4.78, 5) is 7.55. The molecule has 1 aromatic rings. The molecule has 0 heterocycles. The third kappa shape index (κ3) is 2.11. The van der Waals surface area contributed by atoms with Crippen LogP contribution in [0.3, 0.4) is 0 Å². The van der Waals surface area contributed by atoms with Crippen molar-refractivity contribution in [3.63, 3.8) is 0 Å². The Morgan fingerprint density at radius 2 is 1.83 bits per heavy atom. The van der Waals surface area contributed by atoms with E-state index in [-0.39, 0.29) is 0 Å². The second-order valence-corrected chi connectivity index (χ2v) is 20.7. The molecule has 0 saturated carbocycles. The predicted molar refractivity (Wildman–Crippen MR) is 82.3 cm³/mol. The predicted octanol–water partition coefficient (Wildman–Crippen LogP) is 4.76. The van der Waals surface area contributed by atoms with E-state index in [0.717, 1.165) is 12.8 Å². The number of benzene rings is 1. The van der Waals surface area contributed by atoms with Gasteiger partial charge in [-0.25, -0.2) is 0 Å². The molecule has 18 heavy (non-hydrogen) atoms. The number of hydrogen-bond acceptors (Lipinski definition) is 0. The van der Waals surface area contributed by atoms with Crippen LogP contribution in [-0.4, -0.2) is 18.4 Å². The molecular weight excluding hydrogens is 323 g/mol. The Labute approximate surface area is 114 Å². The molecule has 2 aliphatic carbocycles. The molecule has 0 atom stereocenters. The Morgan fingerprint density at radius 1 is 1.06 bits per heavy atom. The first-order valence-corrected chi connectivity index (χ1v) is 16.7. The molecule has 1 heteroatoms. The molecule has 0 bridgehead atoms. The minimum atomic E-state index is -1.95. The fraction of sp³-hybridized carbons (Fsp3) is 0.294. The summed E-state index contributed by atoms with van der Waals surface area (Å²) in [7, 11) is 0. The number of fused-ring (bicyclic) bond motifs is 1. The SMILES string of the molecule is [CH3][Sn]([CH3])([CH3])[C]1=C(C2=Cc3ccccc3C2)CC=C1. The van der Waals surface area contributed by atoms with Crippen LogP contribution in [0.5, 0.6) is 0 Å². The third-order valence-electron chi connectivity index (χ3n) is 3.89. The molecule has 0 aromatic heterocycles. The van der Waals surface area contributed by atoms with E-state index in [0.29, 0.717) is 0 Å². The van der Waals surface area contributed by atoms with Crippen LogP contribution in [0.1, 0.15) is 17.5 Å². The van der Waals surface area contributed by atoms with Crippen molar-refractivity contribution in [3.8, 4) is 0 Å². The van der Waals surface area contributed by atoms with Crippen LogP contribution in [0.2, 0.25) is 14.8 Å². The van der Waals surface area contributed by atoms with E-state index in [9.17, 15) is 0 Å². The molecule has 0 amide bonds. The molecule has 0 saturated heterocycles. The number of hydrogen-bond donors (Lipinski definition) is 0. The quantitative estimate of drug-likeness (QED) is 0.680. The summed E-state index contributed by atoms with van der Waals surface area (Å²) in [6.07, 6.45) is 9.48. The molecular formula is C17H20Sn. The van der Waals surface area contributed by atoms with E-state index in [1.165, 1.54) is 11.1 Å². The van der Waals surface area contributed by atoms with E-state index >= 15 is 0 Å². The molecule has 1 aromatic carbocycles. The first kappa shape index (κ1) is 12.3. The second-order valence-electron chi connectivity index (χ2n) is 6.29. The van der Waals surface area contributed by atoms with Crippen molar-refractivity contribution in [1.29, 1.82) is 0 Å². The third-order valence-corrected chi connectivity index (χ3v) is 9.84. The summed E-state index contributed by atoms with van der Waals surface area (Å²) in [5, 5.41) is 0. The van der Waals surface area contributed by atoms with Crippen molar-refractivity contribution < 1.29 is 0 Å². The molecule has 0 radical (unpaired) electrons. The number of rotatable bonds is 2. The minimum absolute atomic E-state index is 1.14. The van der Waals surface area contributed by atoms with Gasteiger partial charge in [0.25, 0.3) is 0 Å². The zero-order chi connectivity index (χ0) is 12.8. The molecule has 92 valence electrons. The Morgan fingerprint density at radius 3 is 2.56 bits per heavy atom. The van der Waals surface area contributed by atoms with E-state index < -0.39 is 18.4 Å². The van der Waals surface area contributed by atoms with E-state index in [2.05, 4.69) is 57.3 Å². The van der Waals surface area contributed by atoms with Crippen LogP contribution < -0.4 is 0 Å². The fourth-order valence-corrected chi connectivity index (χ4v) is 8.08. The molecule has 0 unspecified atom stereocenters. The van der Waals surface area contributed by atoms with Gasteiger partial charge < -0.3 is 0 Å². The number of allylic oxidation sites excluding steroid dienone is 5. The van der Waals surface area contributed by atoms with Crippen molar-refractivity contribution in [2.75, 3.05) is 0 Å². The first-order valence-electron chi connectivity index (χ1n) is 6.75. The Bertz CT molecular complexity index is 580. The van der Waals surface area contributed by atoms with Crippen LogP contribution in [0.15, 0.2) is 51.2 Å². The normalized spacial score (nSPS) is 18.3. The molecule has 0 aliphatic heterocycles. The molecule has 0 nitrogen and oxygen atoms in total. The van der Waals surface area contributed by atoms with E-state index in [4.69, 9.17) is 0 Å². The monoisotopic (exact) mass is 344 g/mol. The maximum atomic E-state index is 2.52. The molecule has 0 N–H and O–H groups in total. The summed E-state index contributed by atoms with van der Waals surface area (Å²) < 4.78 is 1.73. The average Bonchev–Trinajstić information content (AvgIpc) is 2.94. The Hall–Kier alpha value is -0.761. The van der Waals surface area contributed by atoms with Crippen LogP contribution in [-0.2, 0) is 6.42 Å². The van der Waals surface area contributed by atoms with Gasteiger partial charge in [-0.2, -0.15) is 0 Å². The first-order chi connectivity index (χ1) is 8.55. The summed E-state index contributed by atoms with van der Waals surface area (Å²) in [6.45, 7) is 0. The van der Waals surface area contributed by atoms with Gasteiger partial charge in [-0.3, -0.25) is 0 Å². The topological polar surface area (TPSA) is 0 Å². The van der Waals surface area contributed by atoms with Crippen molar-refractivity contribution in [3.05, 3.63) is 62.3 Å². The van der Waals surface area contributed by atoms with Crippen molar-refractivity contribution in [1.82, 2.24) is 0 Å². The van der Waals surface area contributed by atoms with Gasteiger partial charge in [0.05, 0.1) is 0 Å². The van der Waals surface area contributed by atoms with Crippen molar-refractivity contribution >= 4 is 24.5 Å². The van der Waals surface area contributed by atoms with E-state index in [1.807, 2.05) is 0 Å². The standard InChI is InChI=1S/C14H11.3CH3.Sn/c1-2-6-11(5-1)14-9-12-7-3-4-8-13(12)10-14;;;;/h1-4,7-9H,5,10H2;3*1H3;. The Balaban J connectivity index is 2.00. The molecule has 0 fully saturated rings. The van der Waals surface area contributed by atoms with Gasteiger partial charge in [0, 0.05) is 0 Å². The Kier molecular flexibility index (Phi) is 3.01. The summed E-state index contributed by atoms with van der Waals surface area (Å²) in [6, 6.07) is 8.80. The van der Waals surface area contributed by atoms with Gasteiger partial charge in [0.2, 0.25) is 0 Å². The van der Waals surface area contributed by atoms with Crippen LogP contribution in [0.25, 0.3) is 6.08 Å². The van der Waals surface area contributed by atoms with Gasteiger partial charge in [0.1, 0.15) is 0 Å². The van der Waals surface area contributed by atoms with Crippen LogP contribution >= 0.6 is 0 Å². The second kappa shape index (κ2) is 4.41. The molecule has 3 rings (SSSR count). The van der Waals surface area contributed by atoms with Gasteiger partial charge in [-0.05, 0) is 0 Å². The molecule has 0 spiro atoms. The van der Waals surface area contributed by atoms with Crippen LogP contribution in [0.4, 0.5) is 0 Å². The summed E-state index contributed by atoms with van der Waals surface area (Å²) >= 11 is -1.95. The summed E-state index contributed by atoms with van der Waals surface area (Å²) in [5.41, 5.74) is 6.14. The van der Waals surface area contributed by atoms with Gasteiger partial charge in [-0.1, -0.05) is 0 Å². The average molecular weight is 343 g/mol. The zero-order valence-electron chi connectivity index (χ0n) is 11.5. The van der Waals surface area contributed by atoms with Gasteiger partial charge in [-0.15, -0.1) is 0 Å².